The molecule has 0 bridgehead atoms. The second-order valence-electron chi connectivity index (χ2n) is 5.45. The minimum absolute atomic E-state index is 0.158. The largest absolute Gasteiger partial charge is 0.465 e. The summed E-state index contributed by atoms with van der Waals surface area (Å²) in [5.41, 5.74) is -0.597. The molecule has 1 saturated heterocycles. The van der Waals surface area contributed by atoms with Crippen molar-refractivity contribution in [2.24, 2.45) is 11.8 Å². The molecule has 0 aromatic rings. The van der Waals surface area contributed by atoms with E-state index in [2.05, 4.69) is 24.1 Å². The van der Waals surface area contributed by atoms with Crippen LogP contribution in [-0.4, -0.2) is 49.7 Å². The van der Waals surface area contributed by atoms with Crippen LogP contribution in [0.5, 0.6) is 0 Å². The van der Waals surface area contributed by atoms with Crippen molar-refractivity contribution >= 4 is 5.97 Å². The number of carbonyl (C=O) groups is 1. The van der Waals surface area contributed by atoms with Crippen LogP contribution in [0.1, 0.15) is 27.7 Å². The molecule has 3 unspecified atom stereocenters. The van der Waals surface area contributed by atoms with Gasteiger partial charge in [0.2, 0.25) is 0 Å². The molecule has 4 heteroatoms. The Bertz CT molecular complexity index is 260. The fourth-order valence-electron chi connectivity index (χ4n) is 2.36. The molecule has 0 amide bonds. The summed E-state index contributed by atoms with van der Waals surface area (Å²) >= 11 is 0. The van der Waals surface area contributed by atoms with Gasteiger partial charge in [0.05, 0.1) is 6.61 Å². The van der Waals surface area contributed by atoms with Crippen LogP contribution in [-0.2, 0) is 9.53 Å². The van der Waals surface area contributed by atoms with Crippen LogP contribution in [0.2, 0.25) is 0 Å². The molecular formula is C13H26N2O2. The Morgan fingerprint density at radius 1 is 1.41 bits per heavy atom. The second-order valence-corrected chi connectivity index (χ2v) is 5.45. The normalized spacial score (nSPS) is 29.0. The monoisotopic (exact) mass is 242 g/mol. The highest BCUT2D eigenvalue weighted by Gasteiger charge is 2.38. The zero-order valence-electron chi connectivity index (χ0n) is 11.7. The fraction of sp³-hybridized carbons (Fsp3) is 0.923. The van der Waals surface area contributed by atoms with Crippen LogP contribution in [0.4, 0.5) is 0 Å². The van der Waals surface area contributed by atoms with Gasteiger partial charge in [-0.25, -0.2) is 0 Å². The number of hydrogen-bond acceptors (Lipinski definition) is 4. The van der Waals surface area contributed by atoms with Crippen molar-refractivity contribution in [2.45, 2.75) is 33.2 Å². The smallest absolute Gasteiger partial charge is 0.327 e. The lowest BCUT2D eigenvalue weighted by Crippen LogP contribution is -2.56. The lowest BCUT2D eigenvalue weighted by atomic mass is 10.0. The Morgan fingerprint density at radius 2 is 1.94 bits per heavy atom. The number of esters is 1. The molecule has 17 heavy (non-hydrogen) atoms. The molecule has 1 fully saturated rings. The van der Waals surface area contributed by atoms with Gasteiger partial charge in [0.1, 0.15) is 5.54 Å². The van der Waals surface area contributed by atoms with E-state index in [4.69, 9.17) is 4.74 Å². The van der Waals surface area contributed by atoms with E-state index in [-0.39, 0.29) is 5.97 Å². The molecule has 0 radical (unpaired) electrons. The first-order valence-corrected chi connectivity index (χ1v) is 6.51. The van der Waals surface area contributed by atoms with Crippen molar-refractivity contribution in [2.75, 3.05) is 33.3 Å². The number of rotatable bonds is 5. The Labute approximate surface area is 105 Å². The van der Waals surface area contributed by atoms with Crippen LogP contribution in [0, 0.1) is 11.8 Å². The average Bonchev–Trinajstić information content (AvgIpc) is 2.58. The third-order valence-electron chi connectivity index (χ3n) is 3.88. The Hall–Kier alpha value is -0.610. The van der Waals surface area contributed by atoms with Crippen molar-refractivity contribution in [1.82, 2.24) is 10.2 Å². The number of nitrogens with one attached hydrogen (secondary N) is 1. The van der Waals surface area contributed by atoms with Crippen molar-refractivity contribution in [1.29, 1.82) is 0 Å². The number of ether oxygens (including phenoxy) is 1. The van der Waals surface area contributed by atoms with Gasteiger partial charge in [-0.05, 0) is 32.7 Å². The maximum atomic E-state index is 11.9. The summed E-state index contributed by atoms with van der Waals surface area (Å²) in [7, 11) is 1.82. The van der Waals surface area contributed by atoms with Crippen LogP contribution in [0.25, 0.3) is 0 Å². The average molecular weight is 242 g/mol. The first kappa shape index (κ1) is 14.5. The van der Waals surface area contributed by atoms with Gasteiger partial charge in [0.25, 0.3) is 0 Å². The van der Waals surface area contributed by atoms with E-state index in [1.807, 2.05) is 20.9 Å². The van der Waals surface area contributed by atoms with Gasteiger partial charge in [0, 0.05) is 19.6 Å². The third-order valence-corrected chi connectivity index (χ3v) is 3.88. The number of hydrogen-bond donors (Lipinski definition) is 1. The Kier molecular flexibility index (Phi) is 4.95. The fourth-order valence-corrected chi connectivity index (χ4v) is 2.36. The SMILES string of the molecule is CCOC(=O)C(C)(CN1CC(C)C(C)C1)NC. The summed E-state index contributed by atoms with van der Waals surface area (Å²) in [6, 6.07) is 0. The zero-order valence-corrected chi connectivity index (χ0v) is 11.7. The maximum absolute atomic E-state index is 11.9. The molecule has 1 rings (SSSR count). The Balaban J connectivity index is 2.60. The molecule has 1 aliphatic rings. The quantitative estimate of drug-likeness (QED) is 0.734. The number of likely N-dealkylation sites (N-methyl/N-ethyl adjacent to an activating group) is 1. The van der Waals surface area contributed by atoms with E-state index in [9.17, 15) is 4.79 Å². The molecule has 0 aromatic heterocycles. The van der Waals surface area contributed by atoms with E-state index in [0.29, 0.717) is 18.4 Å². The minimum Gasteiger partial charge on any atom is -0.465 e. The van der Waals surface area contributed by atoms with Crippen LogP contribution >= 0.6 is 0 Å². The predicted octanol–water partition coefficient (Wildman–Crippen LogP) is 1.12. The molecule has 100 valence electrons. The lowest BCUT2D eigenvalue weighted by Gasteiger charge is -2.31. The molecule has 0 aliphatic carbocycles. The Morgan fingerprint density at radius 3 is 2.35 bits per heavy atom. The zero-order chi connectivity index (χ0) is 13.1. The van der Waals surface area contributed by atoms with Gasteiger partial charge in [-0.15, -0.1) is 0 Å². The highest BCUT2D eigenvalue weighted by Crippen LogP contribution is 2.23. The van der Waals surface area contributed by atoms with Gasteiger partial charge >= 0.3 is 5.97 Å². The highest BCUT2D eigenvalue weighted by atomic mass is 16.5. The van der Waals surface area contributed by atoms with E-state index in [1.54, 1.807) is 0 Å². The molecule has 0 spiro atoms. The minimum atomic E-state index is -0.597. The van der Waals surface area contributed by atoms with Crippen LogP contribution < -0.4 is 5.32 Å². The van der Waals surface area contributed by atoms with E-state index in [1.165, 1.54) is 0 Å². The number of likely N-dealkylation sites (tertiary alicyclic amines) is 1. The van der Waals surface area contributed by atoms with E-state index in [0.717, 1.165) is 19.6 Å². The molecule has 1 heterocycles. The standard InChI is InChI=1S/C13H26N2O2/c1-6-17-12(16)13(4,14-5)9-15-7-10(2)11(3)8-15/h10-11,14H,6-9H2,1-5H3. The highest BCUT2D eigenvalue weighted by molar-refractivity contribution is 5.80. The predicted molar refractivity (Wildman–Crippen MR) is 68.9 cm³/mol. The summed E-state index contributed by atoms with van der Waals surface area (Å²) in [5.74, 6) is 1.26. The maximum Gasteiger partial charge on any atom is 0.327 e. The molecule has 0 saturated carbocycles. The summed E-state index contributed by atoms with van der Waals surface area (Å²) in [4.78, 5) is 14.3. The lowest BCUT2D eigenvalue weighted by molar-refractivity contribution is -0.151. The first-order chi connectivity index (χ1) is 7.92. The van der Waals surface area contributed by atoms with E-state index < -0.39 is 5.54 Å². The van der Waals surface area contributed by atoms with Crippen molar-refractivity contribution in [3.05, 3.63) is 0 Å². The third kappa shape index (κ3) is 3.42. The molecule has 1 N–H and O–H groups in total. The number of nitrogens with zero attached hydrogens (tertiary/aromatic N) is 1. The summed E-state index contributed by atoms with van der Waals surface area (Å²) in [6.45, 7) is 11.6. The van der Waals surface area contributed by atoms with Crippen LogP contribution in [0.3, 0.4) is 0 Å². The summed E-state index contributed by atoms with van der Waals surface area (Å²) < 4.78 is 5.13. The van der Waals surface area contributed by atoms with Crippen LogP contribution in [0.15, 0.2) is 0 Å². The van der Waals surface area contributed by atoms with Crippen molar-refractivity contribution < 1.29 is 9.53 Å². The van der Waals surface area contributed by atoms with E-state index >= 15 is 0 Å². The number of carbonyl (C=O) groups excluding carboxylic acids is 1. The molecule has 3 atom stereocenters. The second kappa shape index (κ2) is 5.83. The molecule has 4 nitrogen and oxygen atoms in total. The molecule has 1 aliphatic heterocycles. The summed E-state index contributed by atoms with van der Waals surface area (Å²) in [6.07, 6.45) is 0. The van der Waals surface area contributed by atoms with Gasteiger partial charge in [-0.3, -0.25) is 4.79 Å². The topological polar surface area (TPSA) is 41.6 Å². The first-order valence-electron chi connectivity index (χ1n) is 6.51. The van der Waals surface area contributed by atoms with Gasteiger partial charge < -0.3 is 15.0 Å². The van der Waals surface area contributed by atoms with Crippen molar-refractivity contribution in [3.63, 3.8) is 0 Å². The van der Waals surface area contributed by atoms with Gasteiger partial charge in [-0.2, -0.15) is 0 Å². The molecular weight excluding hydrogens is 216 g/mol. The van der Waals surface area contributed by atoms with Gasteiger partial charge in [0.15, 0.2) is 0 Å². The summed E-state index contributed by atoms with van der Waals surface area (Å²) in [5, 5.41) is 3.10. The molecule has 0 aromatic carbocycles. The van der Waals surface area contributed by atoms with Crippen molar-refractivity contribution in [3.8, 4) is 0 Å². The van der Waals surface area contributed by atoms with Gasteiger partial charge in [-0.1, -0.05) is 13.8 Å².